The third kappa shape index (κ3) is 3.16. The van der Waals surface area contributed by atoms with Gasteiger partial charge < -0.3 is 19.9 Å². The van der Waals surface area contributed by atoms with Crippen LogP contribution in [0.4, 0.5) is 5.69 Å². The van der Waals surface area contributed by atoms with Gasteiger partial charge in [-0.1, -0.05) is 0 Å². The van der Waals surface area contributed by atoms with Crippen LogP contribution in [0, 0.1) is 0 Å². The summed E-state index contributed by atoms with van der Waals surface area (Å²) in [4.78, 5) is 16.2. The van der Waals surface area contributed by atoms with Crippen LogP contribution >= 0.6 is 0 Å². The molecule has 0 aliphatic carbocycles. The van der Waals surface area contributed by atoms with Crippen molar-refractivity contribution in [3.63, 3.8) is 0 Å². The van der Waals surface area contributed by atoms with Gasteiger partial charge in [-0.15, -0.1) is 0 Å². The van der Waals surface area contributed by atoms with Crippen LogP contribution in [-0.2, 0) is 9.53 Å². The summed E-state index contributed by atoms with van der Waals surface area (Å²) in [5.74, 6) is 1.07. The second kappa shape index (κ2) is 6.30. The molecule has 0 fully saturated rings. The van der Waals surface area contributed by atoms with Crippen LogP contribution in [0.3, 0.4) is 0 Å². The monoisotopic (exact) mass is 290 g/mol. The van der Waals surface area contributed by atoms with E-state index >= 15 is 0 Å². The number of hydrogen-bond donors (Lipinski definition) is 1. The van der Waals surface area contributed by atoms with Crippen LogP contribution in [-0.4, -0.2) is 32.6 Å². The quantitative estimate of drug-likeness (QED) is 0.858. The normalized spacial score (nSPS) is 13.5. The lowest BCUT2D eigenvalue weighted by atomic mass is 10.1. The Kier molecular flexibility index (Phi) is 4.47. The number of aliphatic imine (C=N–C) groups is 1. The lowest BCUT2D eigenvalue weighted by molar-refractivity contribution is -0.138. The number of carbonyl (C=O) groups is 1. The lowest BCUT2D eigenvalue weighted by Crippen LogP contribution is -2.16. The maximum Gasteiger partial charge on any atom is 0.334 e. The molecule has 0 radical (unpaired) electrons. The molecule has 0 amide bonds. The molecule has 2 N–H and O–H groups in total. The van der Waals surface area contributed by atoms with Crippen LogP contribution in [0.2, 0.25) is 0 Å². The number of nitrogens with two attached hydrogens (primary N) is 1. The molecule has 0 atom stereocenters. The van der Waals surface area contributed by atoms with Gasteiger partial charge in [-0.2, -0.15) is 0 Å². The highest BCUT2D eigenvalue weighted by atomic mass is 16.5. The summed E-state index contributed by atoms with van der Waals surface area (Å²) in [6.07, 6.45) is 1.97. The third-order valence-electron chi connectivity index (χ3n) is 3.04. The van der Waals surface area contributed by atoms with Crippen LogP contribution in [0.25, 0.3) is 6.08 Å². The number of rotatable bonds is 4. The molecular formula is C15H18N2O4. The molecule has 6 heteroatoms. The van der Waals surface area contributed by atoms with Crippen molar-refractivity contribution in [1.82, 2.24) is 0 Å². The number of carbonyl (C=O) groups excluding carboxylic acids is 1. The third-order valence-corrected chi connectivity index (χ3v) is 3.04. The molecule has 0 spiro atoms. The molecule has 0 bridgehead atoms. The molecule has 1 aromatic rings. The Morgan fingerprint density at radius 2 is 1.95 bits per heavy atom. The van der Waals surface area contributed by atoms with Gasteiger partial charge in [0.1, 0.15) is 5.84 Å². The number of hydrogen-bond acceptors (Lipinski definition) is 6. The number of fused-ring (bicyclic) bond motifs is 1. The van der Waals surface area contributed by atoms with Gasteiger partial charge in [-0.3, -0.25) is 0 Å². The van der Waals surface area contributed by atoms with Crippen molar-refractivity contribution in [2.75, 3.05) is 20.8 Å². The van der Waals surface area contributed by atoms with Gasteiger partial charge in [-0.05, 0) is 19.1 Å². The number of benzene rings is 1. The van der Waals surface area contributed by atoms with Gasteiger partial charge in [0.2, 0.25) is 0 Å². The average Bonchev–Trinajstić information content (AvgIpc) is 2.63. The molecule has 21 heavy (non-hydrogen) atoms. The standard InChI is InChI=1S/C15H18N2O4/c1-4-21-15(18)10-5-9-6-12(19-2)13(20-3)8-11(9)17-14(16)7-10/h5-6,8H,4,7H2,1-3H3,(H2,16,17). The summed E-state index contributed by atoms with van der Waals surface area (Å²) < 4.78 is 15.5. The highest BCUT2D eigenvalue weighted by molar-refractivity contribution is 6.03. The summed E-state index contributed by atoms with van der Waals surface area (Å²) >= 11 is 0. The molecule has 0 saturated heterocycles. The Labute approximate surface area is 123 Å². The van der Waals surface area contributed by atoms with Gasteiger partial charge in [0, 0.05) is 23.6 Å². The van der Waals surface area contributed by atoms with Crippen molar-refractivity contribution < 1.29 is 19.0 Å². The van der Waals surface area contributed by atoms with Gasteiger partial charge >= 0.3 is 5.97 Å². The Morgan fingerprint density at radius 1 is 1.29 bits per heavy atom. The first kappa shape index (κ1) is 14.9. The van der Waals surface area contributed by atoms with E-state index in [0.717, 1.165) is 5.56 Å². The van der Waals surface area contributed by atoms with Crippen molar-refractivity contribution in [3.05, 3.63) is 23.3 Å². The van der Waals surface area contributed by atoms with Crippen LogP contribution < -0.4 is 15.2 Å². The highest BCUT2D eigenvalue weighted by Gasteiger charge is 2.19. The van der Waals surface area contributed by atoms with Gasteiger partial charge in [-0.25, -0.2) is 9.79 Å². The van der Waals surface area contributed by atoms with E-state index in [4.69, 9.17) is 19.9 Å². The molecular weight excluding hydrogens is 272 g/mol. The smallest absolute Gasteiger partial charge is 0.334 e. The van der Waals surface area contributed by atoms with E-state index in [0.29, 0.717) is 35.2 Å². The van der Waals surface area contributed by atoms with Crippen molar-refractivity contribution in [2.24, 2.45) is 10.7 Å². The van der Waals surface area contributed by atoms with E-state index in [1.54, 1.807) is 39.4 Å². The number of nitrogens with zero attached hydrogens (tertiary/aromatic N) is 1. The molecule has 6 nitrogen and oxygen atoms in total. The Balaban J connectivity index is 2.53. The Morgan fingerprint density at radius 3 is 2.57 bits per heavy atom. The van der Waals surface area contributed by atoms with Gasteiger partial charge in [0.15, 0.2) is 11.5 Å². The van der Waals surface area contributed by atoms with E-state index in [9.17, 15) is 4.79 Å². The van der Waals surface area contributed by atoms with Crippen molar-refractivity contribution >= 4 is 23.6 Å². The average molecular weight is 290 g/mol. The van der Waals surface area contributed by atoms with Crippen LogP contribution in [0.1, 0.15) is 18.9 Å². The lowest BCUT2D eigenvalue weighted by Gasteiger charge is -2.10. The zero-order valence-electron chi connectivity index (χ0n) is 12.3. The Bertz CT molecular complexity index is 620. The zero-order valence-corrected chi connectivity index (χ0v) is 12.3. The van der Waals surface area contributed by atoms with E-state index in [2.05, 4.69) is 4.99 Å². The van der Waals surface area contributed by atoms with Gasteiger partial charge in [0.25, 0.3) is 0 Å². The van der Waals surface area contributed by atoms with E-state index in [1.165, 1.54) is 0 Å². The second-order valence-corrected chi connectivity index (χ2v) is 4.44. The number of esters is 1. The molecule has 2 rings (SSSR count). The predicted molar refractivity (Wildman–Crippen MR) is 80.1 cm³/mol. The number of amidine groups is 1. The number of ether oxygens (including phenoxy) is 3. The maximum absolute atomic E-state index is 11.9. The fourth-order valence-corrected chi connectivity index (χ4v) is 2.08. The summed E-state index contributed by atoms with van der Waals surface area (Å²) in [7, 11) is 3.10. The van der Waals surface area contributed by atoms with Crippen molar-refractivity contribution in [1.29, 1.82) is 0 Å². The molecule has 0 unspecified atom stereocenters. The van der Waals surface area contributed by atoms with Crippen LogP contribution in [0.5, 0.6) is 11.5 Å². The minimum Gasteiger partial charge on any atom is -0.493 e. The number of methoxy groups -OCH3 is 2. The van der Waals surface area contributed by atoms with E-state index in [1.807, 2.05) is 0 Å². The molecule has 1 aromatic carbocycles. The van der Waals surface area contributed by atoms with E-state index < -0.39 is 5.97 Å². The topological polar surface area (TPSA) is 83.1 Å². The van der Waals surface area contributed by atoms with Crippen molar-refractivity contribution in [3.8, 4) is 11.5 Å². The fourth-order valence-electron chi connectivity index (χ4n) is 2.08. The first-order valence-corrected chi connectivity index (χ1v) is 6.55. The second-order valence-electron chi connectivity index (χ2n) is 4.44. The summed E-state index contributed by atoms with van der Waals surface area (Å²) in [6, 6.07) is 3.49. The first-order valence-electron chi connectivity index (χ1n) is 6.55. The first-order chi connectivity index (χ1) is 10.1. The predicted octanol–water partition coefficient (Wildman–Crippen LogP) is 2.04. The molecule has 1 heterocycles. The molecule has 0 saturated carbocycles. The molecule has 112 valence electrons. The minimum atomic E-state index is -0.390. The highest BCUT2D eigenvalue weighted by Crippen LogP contribution is 2.37. The molecule has 1 aliphatic rings. The fraction of sp³-hybridized carbons (Fsp3) is 0.333. The summed E-state index contributed by atoms with van der Waals surface area (Å²) in [5, 5.41) is 0. The van der Waals surface area contributed by atoms with Crippen LogP contribution in [0.15, 0.2) is 22.7 Å². The summed E-state index contributed by atoms with van der Waals surface area (Å²) in [6.45, 7) is 2.07. The van der Waals surface area contributed by atoms with Gasteiger partial charge in [0.05, 0.1) is 26.5 Å². The Hall–Kier alpha value is -2.50. The maximum atomic E-state index is 11.9. The van der Waals surface area contributed by atoms with E-state index in [-0.39, 0.29) is 6.42 Å². The SMILES string of the molecule is CCOC(=O)C1=Cc2cc(OC)c(OC)cc2N=C(N)C1. The minimum absolute atomic E-state index is 0.248. The molecule has 1 aliphatic heterocycles. The largest absolute Gasteiger partial charge is 0.493 e. The molecule has 0 aromatic heterocycles. The summed E-state index contributed by atoms with van der Waals surface area (Å²) in [5.41, 5.74) is 7.69. The van der Waals surface area contributed by atoms with Crippen molar-refractivity contribution in [2.45, 2.75) is 13.3 Å². The zero-order chi connectivity index (χ0) is 15.4.